The predicted molar refractivity (Wildman–Crippen MR) is 106 cm³/mol. The Morgan fingerprint density at radius 2 is 1.64 bits per heavy atom. The lowest BCUT2D eigenvalue weighted by molar-refractivity contribution is 0.666. The lowest BCUT2D eigenvalue weighted by Crippen LogP contribution is -1.98. The van der Waals surface area contributed by atoms with Gasteiger partial charge in [0, 0.05) is 18.2 Å². The van der Waals surface area contributed by atoms with E-state index in [2.05, 4.69) is 67.7 Å². The van der Waals surface area contributed by atoms with E-state index in [0.29, 0.717) is 0 Å². The van der Waals surface area contributed by atoms with Crippen molar-refractivity contribution in [1.82, 2.24) is 4.98 Å². The first kappa shape index (κ1) is 16.1. The third kappa shape index (κ3) is 3.11. The molecule has 0 spiro atoms. The zero-order valence-electron chi connectivity index (χ0n) is 15.0. The van der Waals surface area contributed by atoms with Crippen LogP contribution in [0.4, 0.5) is 0 Å². The summed E-state index contributed by atoms with van der Waals surface area (Å²) >= 11 is 0. The predicted octanol–water partition coefficient (Wildman–Crippen LogP) is 6.44. The Labute approximate surface area is 150 Å². The van der Waals surface area contributed by atoms with Crippen LogP contribution in [0.1, 0.15) is 49.4 Å². The van der Waals surface area contributed by atoms with E-state index in [1.54, 1.807) is 0 Å². The summed E-state index contributed by atoms with van der Waals surface area (Å²) in [6.45, 7) is 2.27. The van der Waals surface area contributed by atoms with Crippen molar-refractivity contribution in [3.63, 3.8) is 0 Å². The normalized spacial score (nSPS) is 12.0. The number of aromatic nitrogens is 1. The van der Waals surface area contributed by atoms with Gasteiger partial charge in [-0.2, -0.15) is 0 Å². The van der Waals surface area contributed by atoms with Gasteiger partial charge in [-0.05, 0) is 40.7 Å². The Bertz CT molecular complexity index is 865. The second kappa shape index (κ2) is 7.23. The maximum Gasteiger partial charge on any atom is 0.0532 e. The van der Waals surface area contributed by atoms with E-state index in [-0.39, 0.29) is 0 Å². The highest BCUT2D eigenvalue weighted by Gasteiger charge is 2.24. The van der Waals surface area contributed by atoms with Gasteiger partial charge >= 0.3 is 0 Å². The fourth-order valence-corrected chi connectivity index (χ4v) is 3.98. The molecule has 0 N–H and O–H groups in total. The first-order valence-corrected chi connectivity index (χ1v) is 9.53. The zero-order chi connectivity index (χ0) is 17.1. The van der Waals surface area contributed by atoms with Gasteiger partial charge in [-0.25, -0.2) is 0 Å². The van der Waals surface area contributed by atoms with Crippen LogP contribution in [0.5, 0.6) is 0 Å². The second-order valence-electron chi connectivity index (χ2n) is 6.99. The summed E-state index contributed by atoms with van der Waals surface area (Å²) in [6, 6.07) is 19.7. The monoisotopic (exact) mass is 327 g/mol. The van der Waals surface area contributed by atoms with Gasteiger partial charge in [0.1, 0.15) is 0 Å². The van der Waals surface area contributed by atoms with Crippen LogP contribution in [0.15, 0.2) is 60.8 Å². The third-order valence-corrected chi connectivity index (χ3v) is 5.24. The molecule has 1 aromatic heterocycles. The van der Waals surface area contributed by atoms with Crippen LogP contribution in [0.25, 0.3) is 22.3 Å². The fraction of sp³-hybridized carbons (Fsp3) is 0.292. The molecule has 0 radical (unpaired) electrons. The Hall–Kier alpha value is -2.41. The van der Waals surface area contributed by atoms with Crippen molar-refractivity contribution in [2.75, 3.05) is 0 Å². The van der Waals surface area contributed by atoms with Gasteiger partial charge in [0.25, 0.3) is 0 Å². The maximum absolute atomic E-state index is 4.86. The minimum atomic E-state index is 0.960. The molecule has 0 atom stereocenters. The van der Waals surface area contributed by atoms with Gasteiger partial charge < -0.3 is 0 Å². The van der Waals surface area contributed by atoms with Crippen LogP contribution in [-0.2, 0) is 12.8 Å². The Balaban J connectivity index is 1.82. The maximum atomic E-state index is 4.86. The summed E-state index contributed by atoms with van der Waals surface area (Å²) in [5, 5.41) is 0. The van der Waals surface area contributed by atoms with Gasteiger partial charge in [-0.3, -0.25) is 4.98 Å². The molecule has 1 heteroatoms. The highest BCUT2D eigenvalue weighted by molar-refractivity contribution is 5.90. The van der Waals surface area contributed by atoms with E-state index in [9.17, 15) is 0 Å². The lowest BCUT2D eigenvalue weighted by Gasteiger charge is -2.15. The summed E-state index contributed by atoms with van der Waals surface area (Å²) in [7, 11) is 0. The number of hydrogen-bond acceptors (Lipinski definition) is 1. The van der Waals surface area contributed by atoms with Crippen molar-refractivity contribution >= 4 is 0 Å². The van der Waals surface area contributed by atoms with Crippen molar-refractivity contribution in [2.45, 2.75) is 45.4 Å². The molecule has 0 aliphatic heterocycles. The number of unbranched alkanes of at least 4 members (excludes halogenated alkanes) is 3. The number of aryl methyl sites for hydroxylation is 1. The third-order valence-electron chi connectivity index (χ3n) is 5.24. The molecule has 25 heavy (non-hydrogen) atoms. The van der Waals surface area contributed by atoms with Crippen LogP contribution in [0, 0.1) is 0 Å². The molecule has 126 valence electrons. The number of benzene rings is 2. The molecule has 1 aliphatic rings. The van der Waals surface area contributed by atoms with E-state index in [1.165, 1.54) is 64.8 Å². The van der Waals surface area contributed by atoms with E-state index in [4.69, 9.17) is 4.98 Å². The largest absolute Gasteiger partial charge is 0.260 e. The Morgan fingerprint density at radius 3 is 2.48 bits per heavy atom. The first-order chi connectivity index (χ1) is 12.4. The van der Waals surface area contributed by atoms with Gasteiger partial charge in [0.05, 0.1) is 5.69 Å². The quantitative estimate of drug-likeness (QED) is 0.371. The molecular weight excluding hydrogens is 302 g/mol. The van der Waals surface area contributed by atoms with Gasteiger partial charge in [0.15, 0.2) is 0 Å². The van der Waals surface area contributed by atoms with E-state index >= 15 is 0 Å². The smallest absolute Gasteiger partial charge is 0.0532 e. The fourth-order valence-electron chi connectivity index (χ4n) is 3.98. The van der Waals surface area contributed by atoms with Crippen molar-refractivity contribution in [1.29, 1.82) is 0 Å². The minimum Gasteiger partial charge on any atom is -0.260 e. The molecule has 4 rings (SSSR count). The van der Waals surface area contributed by atoms with Gasteiger partial charge in [0.2, 0.25) is 0 Å². The summed E-state index contributed by atoms with van der Waals surface area (Å²) < 4.78 is 0. The standard InChI is InChI=1S/C24H25N/c1-2-3-4-6-14-20-17-25-22-16-19-13-9-10-15-21(19)24(22)23(20)18-11-7-5-8-12-18/h5,7-13,15,17H,2-4,6,14,16H2,1H3. The summed E-state index contributed by atoms with van der Waals surface area (Å²) in [4.78, 5) is 4.86. The van der Waals surface area contributed by atoms with Crippen molar-refractivity contribution in [2.24, 2.45) is 0 Å². The lowest BCUT2D eigenvalue weighted by atomic mass is 9.90. The molecule has 1 aliphatic carbocycles. The van der Waals surface area contributed by atoms with Gasteiger partial charge in [-0.1, -0.05) is 80.8 Å². The molecule has 1 heterocycles. The zero-order valence-corrected chi connectivity index (χ0v) is 15.0. The molecule has 0 bridgehead atoms. The van der Waals surface area contributed by atoms with E-state index < -0.39 is 0 Å². The molecule has 0 unspecified atom stereocenters. The number of fused-ring (bicyclic) bond motifs is 3. The topological polar surface area (TPSA) is 12.9 Å². The SMILES string of the molecule is CCCCCCc1cnc2c(c1-c1ccccc1)-c1ccccc1C2. The van der Waals surface area contributed by atoms with Gasteiger partial charge in [-0.15, -0.1) is 0 Å². The second-order valence-corrected chi connectivity index (χ2v) is 6.99. The number of rotatable bonds is 6. The highest BCUT2D eigenvalue weighted by atomic mass is 14.7. The Morgan fingerprint density at radius 1 is 0.840 bits per heavy atom. The number of pyridine rings is 1. The molecule has 0 amide bonds. The first-order valence-electron chi connectivity index (χ1n) is 9.53. The van der Waals surface area contributed by atoms with Crippen LogP contribution in [-0.4, -0.2) is 4.98 Å². The Kier molecular flexibility index (Phi) is 4.65. The average molecular weight is 327 g/mol. The molecule has 1 nitrogen and oxygen atoms in total. The summed E-state index contributed by atoms with van der Waals surface area (Å²) in [6.07, 6.45) is 9.37. The van der Waals surface area contributed by atoms with Crippen molar-refractivity contribution < 1.29 is 0 Å². The molecule has 2 aromatic carbocycles. The highest BCUT2D eigenvalue weighted by Crippen LogP contribution is 2.43. The number of hydrogen-bond donors (Lipinski definition) is 0. The molecule has 0 saturated heterocycles. The van der Waals surface area contributed by atoms with E-state index in [1.807, 2.05) is 0 Å². The molecule has 3 aromatic rings. The van der Waals surface area contributed by atoms with Crippen LogP contribution in [0.3, 0.4) is 0 Å². The number of nitrogens with zero attached hydrogens (tertiary/aromatic N) is 1. The molecule has 0 fully saturated rings. The van der Waals surface area contributed by atoms with E-state index in [0.717, 1.165) is 12.8 Å². The average Bonchev–Trinajstić information content (AvgIpc) is 3.04. The van der Waals surface area contributed by atoms with Crippen LogP contribution >= 0.6 is 0 Å². The molecular formula is C24H25N. The molecule has 0 saturated carbocycles. The summed E-state index contributed by atoms with van der Waals surface area (Å²) in [5.74, 6) is 0. The van der Waals surface area contributed by atoms with Crippen LogP contribution in [0.2, 0.25) is 0 Å². The van der Waals surface area contributed by atoms with Crippen molar-refractivity contribution in [3.05, 3.63) is 77.6 Å². The minimum absolute atomic E-state index is 0.960. The van der Waals surface area contributed by atoms with Crippen molar-refractivity contribution in [3.8, 4) is 22.3 Å². The van der Waals surface area contributed by atoms with Crippen LogP contribution < -0.4 is 0 Å². The summed E-state index contributed by atoms with van der Waals surface area (Å²) in [5.41, 5.74) is 9.52.